The van der Waals surface area contributed by atoms with Crippen LogP contribution < -0.4 is 5.32 Å². The van der Waals surface area contributed by atoms with Crippen LogP contribution in [-0.4, -0.2) is 10.9 Å². The zero-order valence-corrected chi connectivity index (χ0v) is 11.5. The van der Waals surface area contributed by atoms with E-state index in [1.54, 1.807) is 12.1 Å². The molecule has 0 spiro atoms. The molecule has 0 saturated carbocycles. The molecular weight excluding hydrogens is 306 g/mol. The Morgan fingerprint density at radius 3 is 2.74 bits per heavy atom. The molecule has 2 rings (SSSR count). The smallest absolute Gasteiger partial charge is 0.229 e. The number of amides is 1. The lowest BCUT2D eigenvalue weighted by Gasteiger charge is -2.05. The van der Waals surface area contributed by atoms with Crippen molar-refractivity contribution in [1.29, 1.82) is 5.26 Å². The van der Waals surface area contributed by atoms with Gasteiger partial charge in [0.15, 0.2) is 0 Å². The maximum Gasteiger partial charge on any atom is 0.229 e. The molecule has 1 heterocycles. The highest BCUT2D eigenvalue weighted by Gasteiger charge is 2.07. The zero-order valence-electron chi connectivity index (χ0n) is 9.93. The van der Waals surface area contributed by atoms with E-state index in [2.05, 4.69) is 26.2 Å². The van der Waals surface area contributed by atoms with E-state index in [4.69, 9.17) is 5.26 Å². The summed E-state index contributed by atoms with van der Waals surface area (Å²) < 4.78 is 0.901. The SMILES string of the molecule is N#Cc1ccc(NC(=O)Cc2ccccc2Br)nc1. The van der Waals surface area contributed by atoms with Crippen LogP contribution in [0, 0.1) is 11.3 Å². The lowest BCUT2D eigenvalue weighted by molar-refractivity contribution is -0.115. The number of nitriles is 1. The van der Waals surface area contributed by atoms with Crippen LogP contribution in [0.1, 0.15) is 11.1 Å². The first-order valence-corrected chi connectivity index (χ1v) is 6.38. The van der Waals surface area contributed by atoms with Gasteiger partial charge in [-0.15, -0.1) is 0 Å². The summed E-state index contributed by atoms with van der Waals surface area (Å²) in [5.41, 5.74) is 1.37. The fourth-order valence-corrected chi connectivity index (χ4v) is 1.96. The molecule has 0 atom stereocenters. The van der Waals surface area contributed by atoms with Crippen molar-refractivity contribution in [2.45, 2.75) is 6.42 Å². The Morgan fingerprint density at radius 1 is 1.32 bits per heavy atom. The second kappa shape index (κ2) is 6.12. The number of nitrogens with one attached hydrogen (secondary N) is 1. The van der Waals surface area contributed by atoms with Gasteiger partial charge < -0.3 is 5.32 Å². The largest absolute Gasteiger partial charge is 0.310 e. The van der Waals surface area contributed by atoms with E-state index in [9.17, 15) is 4.79 Å². The molecule has 5 heteroatoms. The molecule has 1 amide bonds. The van der Waals surface area contributed by atoms with E-state index in [0.29, 0.717) is 11.4 Å². The fraction of sp³-hybridized carbons (Fsp3) is 0.0714. The Hall–Kier alpha value is -2.19. The number of nitrogens with zero attached hydrogens (tertiary/aromatic N) is 2. The summed E-state index contributed by atoms with van der Waals surface area (Å²) in [5.74, 6) is 0.292. The van der Waals surface area contributed by atoms with Crippen LogP contribution in [0.2, 0.25) is 0 Å². The Bertz CT molecular complexity index is 632. The van der Waals surface area contributed by atoms with Gasteiger partial charge in [-0.25, -0.2) is 4.98 Å². The minimum Gasteiger partial charge on any atom is -0.310 e. The van der Waals surface area contributed by atoms with Crippen molar-refractivity contribution in [3.8, 4) is 6.07 Å². The van der Waals surface area contributed by atoms with Crippen LogP contribution in [-0.2, 0) is 11.2 Å². The Labute approximate surface area is 119 Å². The van der Waals surface area contributed by atoms with E-state index in [1.807, 2.05) is 30.3 Å². The van der Waals surface area contributed by atoms with Crippen molar-refractivity contribution >= 4 is 27.7 Å². The molecule has 0 fully saturated rings. The highest BCUT2D eigenvalue weighted by atomic mass is 79.9. The maximum absolute atomic E-state index is 11.9. The zero-order chi connectivity index (χ0) is 13.7. The van der Waals surface area contributed by atoms with Gasteiger partial charge >= 0.3 is 0 Å². The van der Waals surface area contributed by atoms with E-state index in [0.717, 1.165) is 10.0 Å². The molecule has 0 aliphatic carbocycles. The van der Waals surface area contributed by atoms with Crippen LogP contribution in [0.5, 0.6) is 0 Å². The van der Waals surface area contributed by atoms with Gasteiger partial charge in [0.05, 0.1) is 12.0 Å². The predicted octanol–water partition coefficient (Wildman–Crippen LogP) is 2.90. The Kier molecular flexibility index (Phi) is 4.26. The minimum atomic E-state index is -0.149. The predicted molar refractivity (Wildman–Crippen MR) is 75.4 cm³/mol. The number of benzene rings is 1. The van der Waals surface area contributed by atoms with Gasteiger partial charge in [-0.2, -0.15) is 5.26 Å². The second-order valence-electron chi connectivity index (χ2n) is 3.86. The maximum atomic E-state index is 11.9. The molecule has 0 bridgehead atoms. The number of hydrogen-bond acceptors (Lipinski definition) is 3. The molecule has 1 aromatic heterocycles. The molecule has 0 unspecified atom stereocenters. The molecule has 19 heavy (non-hydrogen) atoms. The monoisotopic (exact) mass is 315 g/mol. The van der Waals surface area contributed by atoms with E-state index in [1.165, 1.54) is 6.20 Å². The summed E-state index contributed by atoms with van der Waals surface area (Å²) in [6.45, 7) is 0. The molecule has 0 aliphatic rings. The average Bonchev–Trinajstić information content (AvgIpc) is 2.42. The minimum absolute atomic E-state index is 0.149. The van der Waals surface area contributed by atoms with Gasteiger partial charge in [-0.1, -0.05) is 34.1 Å². The van der Waals surface area contributed by atoms with Gasteiger partial charge in [-0.05, 0) is 23.8 Å². The first kappa shape index (κ1) is 13.2. The highest BCUT2D eigenvalue weighted by Crippen LogP contribution is 2.16. The van der Waals surface area contributed by atoms with Gasteiger partial charge in [0, 0.05) is 10.7 Å². The quantitative estimate of drug-likeness (QED) is 0.947. The van der Waals surface area contributed by atoms with Gasteiger partial charge in [0.25, 0.3) is 0 Å². The van der Waals surface area contributed by atoms with Crippen molar-refractivity contribution in [3.05, 3.63) is 58.2 Å². The molecule has 0 saturated heterocycles. The van der Waals surface area contributed by atoms with Crippen LogP contribution in [0.15, 0.2) is 47.1 Å². The second-order valence-corrected chi connectivity index (χ2v) is 4.71. The lowest BCUT2D eigenvalue weighted by atomic mass is 10.1. The summed E-state index contributed by atoms with van der Waals surface area (Å²) in [6.07, 6.45) is 1.69. The van der Waals surface area contributed by atoms with Crippen molar-refractivity contribution in [1.82, 2.24) is 4.98 Å². The van der Waals surface area contributed by atoms with Crippen molar-refractivity contribution in [3.63, 3.8) is 0 Å². The summed E-state index contributed by atoms with van der Waals surface area (Å²) in [7, 11) is 0. The molecular formula is C14H10BrN3O. The molecule has 4 nitrogen and oxygen atoms in total. The summed E-state index contributed by atoms with van der Waals surface area (Å²) >= 11 is 3.40. The summed E-state index contributed by atoms with van der Waals surface area (Å²) in [5, 5.41) is 11.3. The highest BCUT2D eigenvalue weighted by molar-refractivity contribution is 9.10. The van der Waals surface area contributed by atoms with Gasteiger partial charge in [0.1, 0.15) is 11.9 Å². The van der Waals surface area contributed by atoms with Crippen LogP contribution in [0.25, 0.3) is 0 Å². The third-order valence-corrected chi connectivity index (χ3v) is 3.24. The first-order chi connectivity index (χ1) is 9.19. The van der Waals surface area contributed by atoms with Crippen LogP contribution >= 0.6 is 15.9 Å². The standard InChI is InChI=1S/C14H10BrN3O/c15-12-4-2-1-3-11(12)7-14(19)18-13-6-5-10(8-16)9-17-13/h1-6,9H,7H2,(H,17,18,19). The van der Waals surface area contributed by atoms with Gasteiger partial charge in [0.2, 0.25) is 5.91 Å². The van der Waals surface area contributed by atoms with Crippen molar-refractivity contribution in [2.75, 3.05) is 5.32 Å². The lowest BCUT2D eigenvalue weighted by Crippen LogP contribution is -2.15. The summed E-state index contributed by atoms with van der Waals surface area (Å²) in [4.78, 5) is 15.8. The first-order valence-electron chi connectivity index (χ1n) is 5.58. The number of hydrogen-bond donors (Lipinski definition) is 1. The Balaban J connectivity index is 2.01. The average molecular weight is 316 g/mol. The number of halogens is 1. The summed E-state index contributed by atoms with van der Waals surface area (Å²) in [6, 6.07) is 12.7. The number of aromatic nitrogens is 1. The normalized spacial score (nSPS) is 9.68. The molecule has 0 aliphatic heterocycles. The number of carbonyl (C=O) groups excluding carboxylic acids is 1. The third kappa shape index (κ3) is 3.63. The third-order valence-electron chi connectivity index (χ3n) is 2.47. The van der Waals surface area contributed by atoms with Crippen LogP contribution in [0.4, 0.5) is 5.82 Å². The van der Waals surface area contributed by atoms with E-state index in [-0.39, 0.29) is 12.3 Å². The molecule has 94 valence electrons. The van der Waals surface area contributed by atoms with Crippen LogP contribution in [0.3, 0.4) is 0 Å². The fourth-order valence-electron chi connectivity index (χ4n) is 1.54. The number of anilines is 1. The van der Waals surface area contributed by atoms with Crippen molar-refractivity contribution in [2.24, 2.45) is 0 Å². The van der Waals surface area contributed by atoms with E-state index < -0.39 is 0 Å². The molecule has 0 radical (unpaired) electrons. The number of carbonyl (C=O) groups is 1. The molecule has 1 aromatic carbocycles. The number of rotatable bonds is 3. The Morgan fingerprint density at radius 2 is 2.11 bits per heavy atom. The van der Waals surface area contributed by atoms with E-state index >= 15 is 0 Å². The topological polar surface area (TPSA) is 65.8 Å². The number of pyridine rings is 1. The molecule has 1 N–H and O–H groups in total. The van der Waals surface area contributed by atoms with Crippen molar-refractivity contribution < 1.29 is 4.79 Å². The van der Waals surface area contributed by atoms with Gasteiger partial charge in [-0.3, -0.25) is 4.79 Å². The molecule has 2 aromatic rings.